The van der Waals surface area contributed by atoms with Gasteiger partial charge in [-0.1, -0.05) is 84.4 Å². The Morgan fingerprint density at radius 2 is 1.57 bits per heavy atom. The van der Waals surface area contributed by atoms with E-state index in [4.69, 9.17) is 0 Å². The minimum Gasteiger partial charge on any atom is -0.354 e. The summed E-state index contributed by atoms with van der Waals surface area (Å²) in [6.07, 6.45) is 1.15. The van der Waals surface area contributed by atoms with Crippen LogP contribution in [-0.4, -0.2) is 44.3 Å². The number of anilines is 1. The molecule has 0 saturated carbocycles. The molecule has 0 aliphatic carbocycles. The number of nitrogens with one attached hydrogen (secondary N) is 1. The Morgan fingerprint density at radius 1 is 0.919 bits per heavy atom. The van der Waals surface area contributed by atoms with Gasteiger partial charge in [0, 0.05) is 17.6 Å². The van der Waals surface area contributed by atoms with Crippen molar-refractivity contribution in [3.63, 3.8) is 0 Å². The molecule has 0 aromatic heterocycles. The van der Waals surface area contributed by atoms with E-state index in [2.05, 4.69) is 21.2 Å². The molecule has 3 aromatic rings. The normalized spacial score (nSPS) is 12.0. The van der Waals surface area contributed by atoms with Crippen molar-refractivity contribution in [3.05, 3.63) is 95.0 Å². The van der Waals surface area contributed by atoms with Crippen molar-refractivity contribution >= 4 is 43.5 Å². The van der Waals surface area contributed by atoms with Gasteiger partial charge in [-0.15, -0.1) is 0 Å². The number of carbonyl (C=O) groups excluding carboxylic acids is 2. The Kier molecular flexibility index (Phi) is 10.3. The van der Waals surface area contributed by atoms with Gasteiger partial charge in [-0.3, -0.25) is 13.9 Å². The van der Waals surface area contributed by atoms with Crippen LogP contribution >= 0.6 is 15.9 Å². The highest BCUT2D eigenvalue weighted by Gasteiger charge is 2.33. The highest BCUT2D eigenvalue weighted by atomic mass is 79.9. The van der Waals surface area contributed by atoms with E-state index in [-0.39, 0.29) is 17.3 Å². The summed E-state index contributed by atoms with van der Waals surface area (Å²) in [5.74, 6) is -0.726. The average molecular weight is 587 g/mol. The minimum absolute atomic E-state index is 0.0742. The third-order valence-corrected chi connectivity index (χ3v) is 8.12. The van der Waals surface area contributed by atoms with Crippen LogP contribution in [0.2, 0.25) is 0 Å². The molecule has 0 unspecified atom stereocenters. The highest BCUT2D eigenvalue weighted by molar-refractivity contribution is 9.10. The summed E-state index contributed by atoms with van der Waals surface area (Å²) in [5, 5.41) is 2.88. The monoisotopic (exact) mass is 585 g/mol. The van der Waals surface area contributed by atoms with E-state index in [1.54, 1.807) is 42.5 Å². The fraction of sp³-hybridized carbons (Fsp3) is 0.286. The van der Waals surface area contributed by atoms with Crippen LogP contribution in [0.4, 0.5) is 5.69 Å². The van der Waals surface area contributed by atoms with Crippen molar-refractivity contribution in [2.24, 2.45) is 0 Å². The molecular formula is C28H32BrN3O4S. The molecule has 0 radical (unpaired) electrons. The second-order valence-corrected chi connectivity index (χ2v) is 11.3. The van der Waals surface area contributed by atoms with E-state index in [0.717, 1.165) is 16.3 Å². The molecule has 0 fully saturated rings. The number of benzene rings is 3. The van der Waals surface area contributed by atoms with Gasteiger partial charge in [-0.25, -0.2) is 8.42 Å². The Balaban J connectivity index is 2.03. The summed E-state index contributed by atoms with van der Waals surface area (Å²) in [5.41, 5.74) is 1.19. The van der Waals surface area contributed by atoms with Crippen molar-refractivity contribution in [3.8, 4) is 0 Å². The van der Waals surface area contributed by atoms with Gasteiger partial charge in [-0.05, 0) is 48.7 Å². The van der Waals surface area contributed by atoms with Gasteiger partial charge >= 0.3 is 0 Å². The van der Waals surface area contributed by atoms with Crippen LogP contribution in [0.1, 0.15) is 32.3 Å². The van der Waals surface area contributed by atoms with Crippen molar-refractivity contribution in [2.75, 3.05) is 17.4 Å². The predicted octanol–water partition coefficient (Wildman–Crippen LogP) is 4.98. The fourth-order valence-electron chi connectivity index (χ4n) is 3.95. The van der Waals surface area contributed by atoms with Crippen LogP contribution in [0, 0.1) is 0 Å². The van der Waals surface area contributed by atoms with Crippen molar-refractivity contribution < 1.29 is 18.0 Å². The number of nitrogens with zero attached hydrogens (tertiary/aromatic N) is 2. The molecule has 7 nitrogen and oxygen atoms in total. The smallest absolute Gasteiger partial charge is 0.264 e. The molecule has 0 heterocycles. The Bertz CT molecular complexity index is 1290. The van der Waals surface area contributed by atoms with Gasteiger partial charge in [0.1, 0.15) is 12.6 Å². The summed E-state index contributed by atoms with van der Waals surface area (Å²) >= 11 is 3.40. The Labute approximate surface area is 227 Å². The maximum Gasteiger partial charge on any atom is 0.264 e. The lowest BCUT2D eigenvalue weighted by Crippen LogP contribution is -2.52. The van der Waals surface area contributed by atoms with Crippen molar-refractivity contribution in [1.29, 1.82) is 0 Å². The van der Waals surface area contributed by atoms with Crippen LogP contribution in [0.15, 0.2) is 94.3 Å². The molecule has 37 heavy (non-hydrogen) atoms. The number of sulfonamides is 1. The molecular weight excluding hydrogens is 554 g/mol. The van der Waals surface area contributed by atoms with Crippen molar-refractivity contribution in [1.82, 2.24) is 10.2 Å². The second-order valence-electron chi connectivity index (χ2n) is 8.53. The van der Waals surface area contributed by atoms with E-state index >= 15 is 0 Å². The first kappa shape index (κ1) is 28.4. The molecule has 0 aliphatic heterocycles. The molecule has 196 valence electrons. The van der Waals surface area contributed by atoms with E-state index in [9.17, 15) is 18.0 Å². The van der Waals surface area contributed by atoms with Crippen LogP contribution < -0.4 is 9.62 Å². The molecule has 9 heteroatoms. The second kappa shape index (κ2) is 13.4. The summed E-state index contributed by atoms with van der Waals surface area (Å²) < 4.78 is 29.3. The minimum atomic E-state index is -4.07. The highest BCUT2D eigenvalue weighted by Crippen LogP contribution is 2.27. The first-order valence-corrected chi connectivity index (χ1v) is 14.5. The molecule has 0 spiro atoms. The third kappa shape index (κ3) is 7.42. The van der Waals surface area contributed by atoms with Gasteiger partial charge < -0.3 is 10.2 Å². The molecule has 3 aromatic carbocycles. The standard InChI is InChI=1S/C28H32BrN3O4S/c1-3-18-30-28(34)26(4-2)31(20-22-12-7-5-8-13-22)27(33)21-32(24-15-11-14-23(29)19-24)37(35,36)25-16-9-6-10-17-25/h5-17,19,26H,3-4,18,20-21H2,1-2H3,(H,30,34)/t26-/m1/s1. The lowest BCUT2D eigenvalue weighted by atomic mass is 10.1. The number of rotatable bonds is 12. The average Bonchev–Trinajstić information content (AvgIpc) is 2.91. The van der Waals surface area contributed by atoms with Crippen LogP contribution in [0.3, 0.4) is 0 Å². The molecule has 1 atom stereocenters. The van der Waals surface area contributed by atoms with Crippen LogP contribution in [0.5, 0.6) is 0 Å². The van der Waals surface area contributed by atoms with E-state index in [1.165, 1.54) is 17.0 Å². The molecule has 2 amide bonds. The van der Waals surface area contributed by atoms with Gasteiger partial charge in [0.05, 0.1) is 10.6 Å². The molecule has 0 bridgehead atoms. The summed E-state index contributed by atoms with van der Waals surface area (Å²) in [6, 6.07) is 23.4. The van der Waals surface area contributed by atoms with Gasteiger partial charge in [-0.2, -0.15) is 0 Å². The van der Waals surface area contributed by atoms with Crippen LogP contribution in [-0.2, 0) is 26.2 Å². The SMILES string of the molecule is CCCNC(=O)[C@@H](CC)N(Cc1ccccc1)C(=O)CN(c1cccc(Br)c1)S(=O)(=O)c1ccccc1. The zero-order valence-corrected chi connectivity index (χ0v) is 23.4. The van der Waals surface area contributed by atoms with Crippen LogP contribution in [0.25, 0.3) is 0 Å². The molecule has 0 saturated heterocycles. The van der Waals surface area contributed by atoms with Gasteiger partial charge in [0.2, 0.25) is 11.8 Å². The van der Waals surface area contributed by atoms with E-state index in [1.807, 2.05) is 44.2 Å². The summed E-state index contributed by atoms with van der Waals surface area (Å²) in [7, 11) is -4.07. The van der Waals surface area contributed by atoms with Crippen molar-refractivity contribution in [2.45, 2.75) is 44.2 Å². The lowest BCUT2D eigenvalue weighted by Gasteiger charge is -2.33. The van der Waals surface area contributed by atoms with E-state index < -0.39 is 28.5 Å². The Morgan fingerprint density at radius 3 is 2.16 bits per heavy atom. The first-order valence-electron chi connectivity index (χ1n) is 12.2. The number of carbonyl (C=O) groups is 2. The van der Waals surface area contributed by atoms with E-state index in [0.29, 0.717) is 23.1 Å². The first-order chi connectivity index (χ1) is 17.8. The van der Waals surface area contributed by atoms with Gasteiger partial charge in [0.25, 0.3) is 10.0 Å². The Hall–Kier alpha value is -3.17. The maximum absolute atomic E-state index is 13.9. The quantitative estimate of drug-likeness (QED) is 0.325. The zero-order valence-electron chi connectivity index (χ0n) is 21.0. The fourth-order valence-corrected chi connectivity index (χ4v) is 5.76. The lowest BCUT2D eigenvalue weighted by molar-refractivity contribution is -0.140. The maximum atomic E-state index is 13.9. The molecule has 0 aliphatic rings. The summed E-state index contributed by atoms with van der Waals surface area (Å²) in [6.45, 7) is 4.01. The third-order valence-electron chi connectivity index (χ3n) is 5.84. The molecule has 1 N–H and O–H groups in total. The molecule has 3 rings (SSSR count). The number of halogens is 1. The number of hydrogen-bond donors (Lipinski definition) is 1. The van der Waals surface area contributed by atoms with Gasteiger partial charge in [0.15, 0.2) is 0 Å². The largest absolute Gasteiger partial charge is 0.354 e. The number of hydrogen-bond acceptors (Lipinski definition) is 4. The summed E-state index contributed by atoms with van der Waals surface area (Å²) in [4.78, 5) is 28.5. The predicted molar refractivity (Wildman–Crippen MR) is 149 cm³/mol. The number of amides is 2. The topological polar surface area (TPSA) is 86.8 Å². The zero-order chi connectivity index (χ0) is 26.8.